The van der Waals surface area contributed by atoms with Crippen LogP contribution >= 0.6 is 0 Å². The highest BCUT2D eigenvalue weighted by Gasteiger charge is 2.40. The molecule has 0 saturated heterocycles. The molecule has 0 aliphatic carbocycles. The highest BCUT2D eigenvalue weighted by atomic mass is 32.2. The number of carbonyl (C=O) groups excluding carboxylic acids is 2. The summed E-state index contributed by atoms with van der Waals surface area (Å²) in [5, 5.41) is 0. The average Bonchev–Trinajstić information content (AvgIpc) is 2.08. The lowest BCUT2D eigenvalue weighted by Gasteiger charge is -2.24. The SMILES string of the molecule is CC(C)(CS(=O)(=O)O)C(=O)OC(=O)C(C)(C)CS(=O)(=O)O. The highest BCUT2D eigenvalue weighted by Crippen LogP contribution is 2.24. The van der Waals surface area contributed by atoms with Crippen molar-refractivity contribution in [2.24, 2.45) is 10.8 Å². The van der Waals surface area contributed by atoms with E-state index in [9.17, 15) is 26.4 Å². The van der Waals surface area contributed by atoms with Crippen LogP contribution in [0.4, 0.5) is 0 Å². The Morgan fingerprint density at radius 1 is 0.810 bits per heavy atom. The Morgan fingerprint density at radius 2 is 1.05 bits per heavy atom. The van der Waals surface area contributed by atoms with Crippen LogP contribution in [-0.4, -0.2) is 49.4 Å². The molecule has 21 heavy (non-hydrogen) atoms. The van der Waals surface area contributed by atoms with E-state index >= 15 is 0 Å². The van der Waals surface area contributed by atoms with Gasteiger partial charge in [-0.15, -0.1) is 0 Å². The zero-order chi connectivity index (χ0) is 17.3. The first-order chi connectivity index (χ1) is 8.96. The summed E-state index contributed by atoms with van der Waals surface area (Å²) in [6, 6.07) is 0. The third-order valence-electron chi connectivity index (χ3n) is 2.38. The van der Waals surface area contributed by atoms with Crippen LogP contribution in [0.15, 0.2) is 0 Å². The van der Waals surface area contributed by atoms with Gasteiger partial charge in [0.15, 0.2) is 0 Å². The smallest absolute Gasteiger partial charge is 0.320 e. The number of carbonyl (C=O) groups is 2. The van der Waals surface area contributed by atoms with E-state index in [0.29, 0.717) is 0 Å². The van der Waals surface area contributed by atoms with Gasteiger partial charge in [-0.3, -0.25) is 18.7 Å². The first-order valence-corrected chi connectivity index (χ1v) is 8.85. The summed E-state index contributed by atoms with van der Waals surface area (Å²) in [5.41, 5.74) is -3.42. The molecule has 0 aliphatic rings. The quantitative estimate of drug-likeness (QED) is 0.381. The molecule has 0 atom stereocenters. The molecule has 0 aromatic rings. The topological polar surface area (TPSA) is 152 Å². The number of hydrogen-bond acceptors (Lipinski definition) is 7. The van der Waals surface area contributed by atoms with Crippen molar-refractivity contribution in [1.29, 1.82) is 0 Å². The van der Waals surface area contributed by atoms with Gasteiger partial charge in [-0.1, -0.05) is 0 Å². The summed E-state index contributed by atoms with van der Waals surface area (Å²) in [7, 11) is -8.95. The van der Waals surface area contributed by atoms with E-state index in [4.69, 9.17) is 9.11 Å². The Hall–Kier alpha value is -1.04. The molecule has 124 valence electrons. The first kappa shape index (κ1) is 20.0. The van der Waals surface area contributed by atoms with E-state index in [1.165, 1.54) is 0 Å². The van der Waals surface area contributed by atoms with Crippen molar-refractivity contribution in [3.63, 3.8) is 0 Å². The average molecular weight is 346 g/mol. The molecule has 0 heterocycles. The number of hydrogen-bond donors (Lipinski definition) is 2. The third-order valence-corrected chi connectivity index (χ3v) is 4.55. The highest BCUT2D eigenvalue weighted by molar-refractivity contribution is 7.86. The first-order valence-electron chi connectivity index (χ1n) is 5.63. The Bertz CT molecular complexity index is 569. The Morgan fingerprint density at radius 3 is 1.24 bits per heavy atom. The van der Waals surface area contributed by atoms with Gasteiger partial charge in [-0.25, -0.2) is 0 Å². The normalized spacial score (nSPS) is 13.8. The maximum Gasteiger partial charge on any atom is 0.320 e. The molecule has 0 rings (SSSR count). The van der Waals surface area contributed by atoms with Crippen molar-refractivity contribution in [2.75, 3.05) is 11.5 Å². The minimum absolute atomic E-state index is 0.967. The van der Waals surface area contributed by atoms with Gasteiger partial charge in [0.2, 0.25) is 0 Å². The van der Waals surface area contributed by atoms with E-state index < -0.39 is 54.5 Å². The molecule has 0 amide bonds. The molecule has 0 spiro atoms. The second kappa shape index (κ2) is 5.99. The minimum atomic E-state index is -4.47. The molecule has 0 aromatic carbocycles. The number of ether oxygens (including phenoxy) is 1. The van der Waals surface area contributed by atoms with E-state index in [-0.39, 0.29) is 0 Å². The molecule has 0 bridgehead atoms. The lowest BCUT2D eigenvalue weighted by atomic mass is 9.95. The van der Waals surface area contributed by atoms with Crippen LogP contribution in [-0.2, 0) is 34.6 Å². The maximum atomic E-state index is 11.7. The second-order valence-electron chi connectivity index (χ2n) is 5.90. The molecule has 0 radical (unpaired) electrons. The maximum absolute atomic E-state index is 11.7. The molecular formula is C10H18O9S2. The van der Waals surface area contributed by atoms with E-state index in [2.05, 4.69) is 4.74 Å². The molecule has 0 saturated carbocycles. The summed E-state index contributed by atoms with van der Waals surface area (Å²) in [4.78, 5) is 23.5. The van der Waals surface area contributed by atoms with Gasteiger partial charge in [-0.2, -0.15) is 16.8 Å². The largest absolute Gasteiger partial charge is 0.392 e. The standard InChI is InChI=1S/C10H18O9S2/c1-9(2,5-20(13,14)15)7(11)19-8(12)10(3,4)6-21(16,17)18/h5-6H2,1-4H3,(H,13,14,15)(H,16,17,18). The van der Waals surface area contributed by atoms with Crippen LogP contribution in [0, 0.1) is 10.8 Å². The van der Waals surface area contributed by atoms with Crippen molar-refractivity contribution in [3.05, 3.63) is 0 Å². The van der Waals surface area contributed by atoms with Gasteiger partial charge in [0.1, 0.15) is 0 Å². The molecule has 0 aromatic heterocycles. The Balaban J connectivity index is 5.06. The van der Waals surface area contributed by atoms with Crippen LogP contribution in [0.3, 0.4) is 0 Å². The van der Waals surface area contributed by atoms with Crippen LogP contribution < -0.4 is 0 Å². The van der Waals surface area contributed by atoms with Gasteiger partial charge in [0.05, 0.1) is 22.3 Å². The molecule has 0 aliphatic heterocycles. The summed E-state index contributed by atoms with van der Waals surface area (Å²) in [6.07, 6.45) is 0. The molecular weight excluding hydrogens is 328 g/mol. The third kappa shape index (κ3) is 7.50. The zero-order valence-electron chi connectivity index (χ0n) is 12.0. The van der Waals surface area contributed by atoms with Gasteiger partial charge in [-0.05, 0) is 27.7 Å². The van der Waals surface area contributed by atoms with Gasteiger partial charge < -0.3 is 4.74 Å². The lowest BCUT2D eigenvalue weighted by Crippen LogP contribution is -2.40. The fourth-order valence-corrected chi connectivity index (χ4v) is 3.45. The van der Waals surface area contributed by atoms with Crippen molar-refractivity contribution >= 4 is 32.2 Å². The van der Waals surface area contributed by atoms with Crippen LogP contribution in [0.5, 0.6) is 0 Å². The van der Waals surface area contributed by atoms with Crippen molar-refractivity contribution < 1.29 is 40.3 Å². The fraction of sp³-hybridized carbons (Fsp3) is 0.800. The van der Waals surface area contributed by atoms with Crippen molar-refractivity contribution in [2.45, 2.75) is 27.7 Å². The molecule has 9 nitrogen and oxygen atoms in total. The molecule has 2 N–H and O–H groups in total. The minimum Gasteiger partial charge on any atom is -0.392 e. The van der Waals surface area contributed by atoms with Gasteiger partial charge in [0.25, 0.3) is 20.2 Å². The summed E-state index contributed by atoms with van der Waals surface area (Å²) < 4.78 is 65.0. The van der Waals surface area contributed by atoms with E-state index in [1.807, 2.05) is 0 Å². The monoisotopic (exact) mass is 346 g/mol. The van der Waals surface area contributed by atoms with Crippen molar-refractivity contribution in [3.8, 4) is 0 Å². The van der Waals surface area contributed by atoms with Crippen LogP contribution in [0.25, 0.3) is 0 Å². The lowest BCUT2D eigenvalue weighted by molar-refractivity contribution is -0.170. The predicted molar refractivity (Wildman–Crippen MR) is 71.5 cm³/mol. The number of rotatable bonds is 6. The van der Waals surface area contributed by atoms with E-state index in [1.54, 1.807) is 0 Å². The van der Waals surface area contributed by atoms with Gasteiger partial charge >= 0.3 is 11.9 Å². The predicted octanol–water partition coefficient (Wildman–Crippen LogP) is -0.116. The number of esters is 2. The Labute approximate surface area is 123 Å². The van der Waals surface area contributed by atoms with E-state index in [0.717, 1.165) is 27.7 Å². The molecule has 11 heteroatoms. The second-order valence-corrected chi connectivity index (χ2v) is 8.80. The molecule has 0 fully saturated rings. The molecule has 0 unspecified atom stereocenters. The summed E-state index contributed by atoms with van der Waals surface area (Å²) >= 11 is 0. The fourth-order valence-electron chi connectivity index (χ4n) is 1.39. The van der Waals surface area contributed by atoms with Crippen LogP contribution in [0.2, 0.25) is 0 Å². The van der Waals surface area contributed by atoms with Crippen LogP contribution in [0.1, 0.15) is 27.7 Å². The summed E-state index contributed by atoms with van der Waals surface area (Å²) in [6.45, 7) is 4.52. The van der Waals surface area contributed by atoms with Gasteiger partial charge in [0, 0.05) is 0 Å². The zero-order valence-corrected chi connectivity index (χ0v) is 13.6. The Kier molecular flexibility index (Phi) is 5.69. The van der Waals surface area contributed by atoms with Crippen molar-refractivity contribution in [1.82, 2.24) is 0 Å². The summed E-state index contributed by atoms with van der Waals surface area (Å²) in [5.74, 6) is -4.42.